The van der Waals surface area contributed by atoms with Gasteiger partial charge in [0.15, 0.2) is 0 Å². The molecule has 0 spiro atoms. The van der Waals surface area contributed by atoms with Gasteiger partial charge in [-0.25, -0.2) is 0 Å². The van der Waals surface area contributed by atoms with Gasteiger partial charge in [-0.2, -0.15) is 0 Å². The van der Waals surface area contributed by atoms with Crippen molar-refractivity contribution in [3.63, 3.8) is 0 Å². The molecular formula is H7Br2NSi3. The highest BCUT2D eigenvalue weighted by molar-refractivity contribution is 9.49. The van der Waals surface area contributed by atoms with Gasteiger partial charge in [-0.1, -0.05) is 30.6 Å². The fourth-order valence-electron chi connectivity index (χ4n) is 0. The lowest BCUT2D eigenvalue weighted by molar-refractivity contribution is 1.17. The Bertz CT molecular complexity index is 29.8. The number of hydrogen-bond acceptors (Lipinski definition) is 1. The summed E-state index contributed by atoms with van der Waals surface area (Å²) in [6.45, 7) is 0. The summed E-state index contributed by atoms with van der Waals surface area (Å²) >= 11 is 6.98. The second-order valence-electron chi connectivity index (χ2n) is 1.24. The molecule has 0 aliphatic heterocycles. The molecule has 0 amide bonds. The first-order valence-corrected chi connectivity index (χ1v) is 10.3. The summed E-state index contributed by atoms with van der Waals surface area (Å²) < 4.78 is 2.42. The third-order valence-corrected chi connectivity index (χ3v) is 18.3. The molecule has 0 aromatic rings. The number of hydrogen-bond donors (Lipinski definition) is 0. The van der Waals surface area contributed by atoms with Gasteiger partial charge in [0, 0.05) is 0 Å². The predicted molar refractivity (Wildman–Crippen MR) is 46.7 cm³/mol. The molecule has 0 N–H and O–H groups in total. The van der Waals surface area contributed by atoms with Crippen LogP contribution >= 0.6 is 30.6 Å². The summed E-state index contributed by atoms with van der Waals surface area (Å²) in [6.07, 6.45) is -0.662. The molecule has 0 saturated carbocycles. The van der Waals surface area contributed by atoms with Crippen molar-refractivity contribution in [1.82, 2.24) is 3.90 Å². The van der Waals surface area contributed by atoms with Gasteiger partial charge in [-0.05, 0) is 0 Å². The maximum absolute atomic E-state index is 3.49. The van der Waals surface area contributed by atoms with E-state index >= 15 is 0 Å². The van der Waals surface area contributed by atoms with E-state index in [1.165, 1.54) is 20.8 Å². The lowest BCUT2D eigenvalue weighted by Crippen LogP contribution is -2.23. The van der Waals surface area contributed by atoms with E-state index in [1.807, 2.05) is 0 Å². The van der Waals surface area contributed by atoms with E-state index in [0.717, 1.165) is 0 Å². The van der Waals surface area contributed by atoms with Crippen molar-refractivity contribution in [3.8, 4) is 0 Å². The quantitative estimate of drug-likeness (QED) is 0.406. The maximum Gasteiger partial charge on any atom is 0.244 e. The van der Waals surface area contributed by atoms with Crippen molar-refractivity contribution in [1.29, 1.82) is 0 Å². The normalized spacial score (nSPS) is 12.0. The average molecular weight is 265 g/mol. The van der Waals surface area contributed by atoms with E-state index in [4.69, 9.17) is 0 Å². The fraction of sp³-hybridized carbons (Fsp3) is 0. The van der Waals surface area contributed by atoms with Crippen LogP contribution in [-0.4, -0.2) is 30.9 Å². The van der Waals surface area contributed by atoms with Crippen molar-refractivity contribution in [2.45, 2.75) is 0 Å². The maximum atomic E-state index is 3.49. The van der Waals surface area contributed by atoms with Gasteiger partial charge in [0.25, 0.3) is 0 Å². The molecule has 0 atom stereocenters. The van der Waals surface area contributed by atoms with Crippen LogP contribution in [0.5, 0.6) is 0 Å². The van der Waals surface area contributed by atoms with Gasteiger partial charge in [-0.3, -0.25) is 0 Å². The minimum absolute atomic E-state index is 0.662. The molecule has 38 valence electrons. The van der Waals surface area contributed by atoms with Crippen LogP contribution in [0, 0.1) is 0 Å². The molecule has 6 heteroatoms. The van der Waals surface area contributed by atoms with Gasteiger partial charge in [-0.15, -0.1) is 0 Å². The lowest BCUT2D eigenvalue weighted by atomic mass is 13.8. The summed E-state index contributed by atoms with van der Waals surface area (Å²) in [5, 5.41) is 0. The number of nitrogens with zero attached hydrogens (tertiary/aromatic N) is 1. The predicted octanol–water partition coefficient (Wildman–Crippen LogP) is -1.64. The van der Waals surface area contributed by atoms with Crippen LogP contribution in [0.25, 0.3) is 0 Å². The molecule has 0 saturated heterocycles. The van der Waals surface area contributed by atoms with E-state index in [9.17, 15) is 0 Å². The summed E-state index contributed by atoms with van der Waals surface area (Å²) in [5.74, 6) is 0. The summed E-state index contributed by atoms with van der Waals surface area (Å²) in [6, 6.07) is 0. The first-order chi connectivity index (χ1) is 2.64. The largest absolute Gasteiger partial charge is 0.368 e. The van der Waals surface area contributed by atoms with E-state index in [-0.39, 0.29) is 0 Å². The highest BCUT2D eigenvalue weighted by Gasteiger charge is 1.98. The monoisotopic (exact) mass is 263 g/mol. The number of halogens is 2. The van der Waals surface area contributed by atoms with Gasteiger partial charge in [0.05, 0.1) is 20.8 Å². The minimum atomic E-state index is -0.662. The number of rotatable bonds is 1. The second kappa shape index (κ2) is 3.56. The van der Waals surface area contributed by atoms with Crippen LogP contribution < -0.4 is 0 Å². The van der Waals surface area contributed by atoms with E-state index in [0.29, 0.717) is 0 Å². The van der Waals surface area contributed by atoms with E-state index in [2.05, 4.69) is 34.5 Å². The second-order valence-corrected chi connectivity index (χ2v) is 18.4. The molecule has 0 fully saturated rings. The standard InChI is InChI=1S/Br2H7NSi3/c1-6(2)3(4)5/h6H,4-5H3. The first-order valence-electron chi connectivity index (χ1n) is 1.59. The van der Waals surface area contributed by atoms with Crippen LogP contribution in [0.3, 0.4) is 0 Å². The highest BCUT2D eigenvalue weighted by atomic mass is 79.9. The Morgan fingerprint density at radius 3 is 1.50 bits per heavy atom. The molecule has 0 aliphatic rings. The van der Waals surface area contributed by atoms with Gasteiger partial charge in [0.1, 0.15) is 0 Å². The van der Waals surface area contributed by atoms with Gasteiger partial charge in [0.2, 0.25) is 6.20 Å². The van der Waals surface area contributed by atoms with Gasteiger partial charge < -0.3 is 3.90 Å². The topological polar surface area (TPSA) is 3.24 Å². The molecule has 0 radical (unpaired) electrons. The Kier molecular flexibility index (Phi) is 4.49. The molecule has 0 aromatic heterocycles. The molecular weight excluding hydrogens is 258 g/mol. The van der Waals surface area contributed by atoms with Crippen molar-refractivity contribution >= 4 is 57.6 Å². The molecule has 0 heterocycles. The highest BCUT2D eigenvalue weighted by Crippen LogP contribution is 2.01. The first kappa shape index (κ1) is 7.57. The van der Waals surface area contributed by atoms with Crippen molar-refractivity contribution in [2.75, 3.05) is 0 Å². The Hall–Kier alpha value is 1.57. The fourth-order valence-corrected chi connectivity index (χ4v) is 0. The van der Waals surface area contributed by atoms with Crippen LogP contribution in [0.1, 0.15) is 0 Å². The Morgan fingerprint density at radius 1 is 1.33 bits per heavy atom. The van der Waals surface area contributed by atoms with Crippen molar-refractivity contribution in [2.24, 2.45) is 0 Å². The SMILES string of the molecule is [SiH3]N([SiH3])[SiH](Br)Br. The van der Waals surface area contributed by atoms with E-state index in [1.54, 1.807) is 0 Å². The van der Waals surface area contributed by atoms with E-state index < -0.39 is 6.20 Å². The van der Waals surface area contributed by atoms with Gasteiger partial charge >= 0.3 is 0 Å². The molecule has 6 heavy (non-hydrogen) atoms. The van der Waals surface area contributed by atoms with Crippen LogP contribution in [-0.2, 0) is 0 Å². The molecule has 0 unspecified atom stereocenters. The third-order valence-electron chi connectivity index (χ3n) is 0.390. The minimum Gasteiger partial charge on any atom is -0.368 e. The van der Waals surface area contributed by atoms with Crippen molar-refractivity contribution < 1.29 is 0 Å². The lowest BCUT2D eigenvalue weighted by Gasteiger charge is -2.07. The molecule has 1 nitrogen and oxygen atoms in total. The zero-order valence-corrected chi connectivity index (χ0v) is 12.1. The average Bonchev–Trinajstić information content (AvgIpc) is 1.36. The van der Waals surface area contributed by atoms with Crippen molar-refractivity contribution in [3.05, 3.63) is 0 Å². The Labute approximate surface area is 61.3 Å². The Morgan fingerprint density at radius 2 is 1.50 bits per heavy atom. The smallest absolute Gasteiger partial charge is 0.244 e. The molecule has 0 aliphatic carbocycles. The zero-order chi connectivity index (χ0) is 5.15. The molecule has 0 bridgehead atoms. The summed E-state index contributed by atoms with van der Waals surface area (Å²) in [7, 11) is 2.43. The van der Waals surface area contributed by atoms with Crippen LogP contribution in [0.2, 0.25) is 0 Å². The summed E-state index contributed by atoms with van der Waals surface area (Å²) in [4.78, 5) is 0. The molecule has 0 rings (SSSR count). The van der Waals surface area contributed by atoms with Crippen LogP contribution in [0.4, 0.5) is 0 Å². The summed E-state index contributed by atoms with van der Waals surface area (Å²) in [5.41, 5.74) is 0. The zero-order valence-electron chi connectivity index (χ0n) is 3.78. The third kappa shape index (κ3) is 3.75. The molecule has 0 aromatic carbocycles. The van der Waals surface area contributed by atoms with Crippen LogP contribution in [0.15, 0.2) is 0 Å². The Balaban J connectivity index is 2.99.